The minimum Gasteiger partial charge on any atom is -0.461 e. The minimum atomic E-state index is -0.375. The van der Waals surface area contributed by atoms with Crippen molar-refractivity contribution in [3.8, 4) is 6.01 Å². The van der Waals surface area contributed by atoms with E-state index in [-0.39, 0.29) is 36.6 Å². The lowest BCUT2D eigenvalue weighted by Crippen LogP contribution is -2.25. The lowest BCUT2D eigenvalue weighted by atomic mass is 10.1. The monoisotopic (exact) mass is 477 g/mol. The predicted octanol–water partition coefficient (Wildman–Crippen LogP) is 1.33. The van der Waals surface area contributed by atoms with Gasteiger partial charge in [-0.15, -0.1) is 0 Å². The first-order valence-electron chi connectivity index (χ1n) is 11.0. The van der Waals surface area contributed by atoms with Gasteiger partial charge in [-0.2, -0.15) is 9.97 Å². The van der Waals surface area contributed by atoms with Crippen LogP contribution < -0.4 is 27.2 Å². The number of nitrogens with one attached hydrogen (secondary N) is 2. The number of carbonyl (C=O) groups is 1. The highest BCUT2D eigenvalue weighted by Crippen LogP contribution is 2.18. The standard InChI is InChI=1S/C24H27N7O4/c1-34-12-13-35-23-29-20(26)19-21(30-23)31(24(33)28-19)14-16-2-6-17(7-3-16)22(32)27-11-10-15-4-8-18(25)9-5-15/h2-9H,10-14,25H2,1H3,(H,27,32)(H,28,33)(H2,26,29,30). The number of nitrogen functional groups attached to an aromatic ring is 2. The van der Waals surface area contributed by atoms with Gasteiger partial charge in [0.1, 0.15) is 12.1 Å². The van der Waals surface area contributed by atoms with Crippen LogP contribution in [0.1, 0.15) is 21.5 Å². The Kier molecular flexibility index (Phi) is 7.27. The zero-order valence-corrected chi connectivity index (χ0v) is 19.3. The van der Waals surface area contributed by atoms with Crippen LogP contribution in [-0.4, -0.2) is 52.3 Å². The first-order valence-corrected chi connectivity index (χ1v) is 11.0. The molecule has 0 aliphatic heterocycles. The van der Waals surface area contributed by atoms with E-state index < -0.39 is 0 Å². The number of ether oxygens (including phenoxy) is 2. The fourth-order valence-corrected chi connectivity index (χ4v) is 3.51. The number of hydrogen-bond acceptors (Lipinski definition) is 8. The minimum absolute atomic E-state index is 0.0609. The first-order chi connectivity index (χ1) is 16.9. The number of nitrogens with zero attached hydrogens (tertiary/aromatic N) is 3. The smallest absolute Gasteiger partial charge is 0.328 e. The number of fused-ring (bicyclic) bond motifs is 1. The molecular formula is C24H27N7O4. The molecule has 4 aromatic rings. The first kappa shape index (κ1) is 23.8. The Morgan fingerprint density at radius 2 is 1.74 bits per heavy atom. The number of rotatable bonds is 10. The summed E-state index contributed by atoms with van der Waals surface area (Å²) in [5, 5.41) is 2.91. The van der Waals surface area contributed by atoms with Crippen molar-refractivity contribution in [2.24, 2.45) is 0 Å². The van der Waals surface area contributed by atoms with Crippen LogP contribution in [0.4, 0.5) is 11.5 Å². The average molecular weight is 478 g/mol. The van der Waals surface area contributed by atoms with Crippen LogP contribution >= 0.6 is 0 Å². The Hall–Kier alpha value is -4.38. The number of carbonyl (C=O) groups excluding carboxylic acids is 1. The molecule has 6 N–H and O–H groups in total. The van der Waals surface area contributed by atoms with E-state index in [1.54, 1.807) is 31.4 Å². The van der Waals surface area contributed by atoms with Crippen LogP contribution in [-0.2, 0) is 17.7 Å². The quantitative estimate of drug-likeness (QED) is 0.196. The van der Waals surface area contributed by atoms with Gasteiger partial charge in [-0.25, -0.2) is 4.79 Å². The van der Waals surface area contributed by atoms with E-state index in [9.17, 15) is 9.59 Å². The van der Waals surface area contributed by atoms with Gasteiger partial charge in [-0.1, -0.05) is 24.3 Å². The van der Waals surface area contributed by atoms with E-state index in [0.717, 1.165) is 11.1 Å². The van der Waals surface area contributed by atoms with Crippen molar-refractivity contribution >= 4 is 28.6 Å². The predicted molar refractivity (Wildman–Crippen MR) is 132 cm³/mol. The van der Waals surface area contributed by atoms with Gasteiger partial charge in [0, 0.05) is 24.9 Å². The largest absolute Gasteiger partial charge is 0.461 e. The van der Waals surface area contributed by atoms with Crippen LogP contribution in [0.2, 0.25) is 0 Å². The second kappa shape index (κ2) is 10.7. The van der Waals surface area contributed by atoms with E-state index in [1.165, 1.54) is 4.57 Å². The third-order valence-corrected chi connectivity index (χ3v) is 5.38. The highest BCUT2D eigenvalue weighted by Gasteiger charge is 2.15. The topological polar surface area (TPSA) is 163 Å². The van der Waals surface area contributed by atoms with E-state index in [0.29, 0.717) is 42.0 Å². The van der Waals surface area contributed by atoms with Gasteiger partial charge in [0.15, 0.2) is 11.5 Å². The van der Waals surface area contributed by atoms with E-state index in [1.807, 2.05) is 24.3 Å². The molecule has 2 aromatic carbocycles. The van der Waals surface area contributed by atoms with Crippen molar-refractivity contribution < 1.29 is 14.3 Å². The van der Waals surface area contributed by atoms with Crippen molar-refractivity contribution in [2.75, 3.05) is 38.3 Å². The lowest BCUT2D eigenvalue weighted by molar-refractivity contribution is 0.0954. The molecule has 0 saturated heterocycles. The van der Waals surface area contributed by atoms with E-state index in [4.69, 9.17) is 20.9 Å². The number of nitrogens with two attached hydrogens (primary N) is 2. The van der Waals surface area contributed by atoms with Gasteiger partial charge in [0.25, 0.3) is 5.91 Å². The molecule has 0 aliphatic carbocycles. The van der Waals surface area contributed by atoms with Gasteiger partial charge in [-0.05, 0) is 41.8 Å². The van der Waals surface area contributed by atoms with Gasteiger partial charge in [-0.3, -0.25) is 9.36 Å². The van der Waals surface area contributed by atoms with Gasteiger partial charge in [0.05, 0.1) is 13.2 Å². The van der Waals surface area contributed by atoms with Crippen molar-refractivity contribution in [3.05, 3.63) is 75.7 Å². The number of methoxy groups -OCH3 is 1. The Bertz CT molecular complexity index is 1360. The molecule has 1 amide bonds. The van der Waals surface area contributed by atoms with Crippen molar-refractivity contribution in [2.45, 2.75) is 13.0 Å². The number of anilines is 2. The normalized spacial score (nSPS) is 11.0. The SMILES string of the molecule is COCCOc1nc(N)c2[nH]c(=O)n(Cc3ccc(C(=O)NCCc4ccc(N)cc4)cc3)c2n1. The summed E-state index contributed by atoms with van der Waals surface area (Å²) in [5.41, 5.74) is 15.1. The molecular weight excluding hydrogens is 450 g/mol. The van der Waals surface area contributed by atoms with Gasteiger partial charge < -0.3 is 31.2 Å². The summed E-state index contributed by atoms with van der Waals surface area (Å²) < 4.78 is 11.8. The highest BCUT2D eigenvalue weighted by atomic mass is 16.5. The van der Waals surface area contributed by atoms with Crippen molar-refractivity contribution in [1.82, 2.24) is 24.8 Å². The number of H-pyrrole nitrogens is 1. The fraction of sp³-hybridized carbons (Fsp3) is 0.250. The second-order valence-electron chi connectivity index (χ2n) is 7.89. The highest BCUT2D eigenvalue weighted by molar-refractivity contribution is 5.94. The number of aromatic nitrogens is 4. The Balaban J connectivity index is 1.42. The molecule has 182 valence electrons. The van der Waals surface area contributed by atoms with E-state index in [2.05, 4.69) is 20.3 Å². The maximum Gasteiger partial charge on any atom is 0.328 e. The molecule has 0 unspecified atom stereocenters. The van der Waals surface area contributed by atoms with Crippen LogP contribution in [0.15, 0.2) is 53.3 Å². The molecule has 0 spiro atoms. The summed E-state index contributed by atoms with van der Waals surface area (Å²) in [7, 11) is 1.56. The van der Waals surface area contributed by atoms with Crippen LogP contribution in [0, 0.1) is 0 Å². The Labute approximate surface area is 201 Å². The van der Waals surface area contributed by atoms with Crippen LogP contribution in [0.5, 0.6) is 6.01 Å². The summed E-state index contributed by atoms with van der Waals surface area (Å²) in [6.45, 7) is 1.35. The van der Waals surface area contributed by atoms with Crippen LogP contribution in [0.25, 0.3) is 11.2 Å². The van der Waals surface area contributed by atoms with Gasteiger partial charge >= 0.3 is 11.7 Å². The molecule has 2 heterocycles. The molecule has 0 aliphatic rings. The van der Waals surface area contributed by atoms with Crippen molar-refractivity contribution in [3.63, 3.8) is 0 Å². The maximum atomic E-state index is 12.5. The zero-order valence-electron chi connectivity index (χ0n) is 19.3. The molecule has 4 rings (SSSR count). The Morgan fingerprint density at radius 3 is 2.46 bits per heavy atom. The second-order valence-corrected chi connectivity index (χ2v) is 7.89. The van der Waals surface area contributed by atoms with Crippen LogP contribution in [0.3, 0.4) is 0 Å². The summed E-state index contributed by atoms with van der Waals surface area (Å²) in [6, 6.07) is 14.6. The molecule has 0 atom stereocenters. The molecule has 0 bridgehead atoms. The molecule has 11 heteroatoms. The molecule has 35 heavy (non-hydrogen) atoms. The number of aromatic amines is 1. The summed E-state index contributed by atoms with van der Waals surface area (Å²) in [4.78, 5) is 36.1. The summed E-state index contributed by atoms with van der Waals surface area (Å²) in [5.74, 6) is -0.0566. The van der Waals surface area contributed by atoms with Gasteiger partial charge in [0.2, 0.25) is 0 Å². The van der Waals surface area contributed by atoms with Crippen molar-refractivity contribution in [1.29, 1.82) is 0 Å². The zero-order chi connectivity index (χ0) is 24.8. The number of amides is 1. The number of benzene rings is 2. The lowest BCUT2D eigenvalue weighted by Gasteiger charge is -2.08. The summed E-state index contributed by atoms with van der Waals surface area (Å²) >= 11 is 0. The molecule has 0 saturated carbocycles. The molecule has 2 aromatic heterocycles. The molecule has 11 nitrogen and oxygen atoms in total. The Morgan fingerprint density at radius 1 is 1.03 bits per heavy atom. The molecule has 0 fully saturated rings. The maximum absolute atomic E-state index is 12.5. The summed E-state index contributed by atoms with van der Waals surface area (Å²) in [6.07, 6.45) is 0.704. The molecule has 0 radical (unpaired) electrons. The number of imidazole rings is 1. The third kappa shape index (κ3) is 5.76. The fourth-order valence-electron chi connectivity index (χ4n) is 3.51. The average Bonchev–Trinajstić information content (AvgIpc) is 3.16. The van der Waals surface area contributed by atoms with E-state index >= 15 is 0 Å². The third-order valence-electron chi connectivity index (χ3n) is 5.38. The number of hydrogen-bond donors (Lipinski definition) is 4.